The largest absolute Gasteiger partial charge is 0.618 e. The smallest absolute Gasteiger partial charge is 0.298 e. The van der Waals surface area contributed by atoms with Crippen molar-refractivity contribution in [3.8, 4) is 34.4 Å². The van der Waals surface area contributed by atoms with Crippen molar-refractivity contribution < 1.29 is 32.8 Å². The fourth-order valence-corrected chi connectivity index (χ4v) is 6.18. The molecule has 0 unspecified atom stereocenters. The zero-order chi connectivity index (χ0) is 31.3. The van der Waals surface area contributed by atoms with Crippen molar-refractivity contribution in [3.63, 3.8) is 0 Å². The molecule has 0 amide bonds. The van der Waals surface area contributed by atoms with Crippen LogP contribution in [0.2, 0.25) is 18.1 Å². The van der Waals surface area contributed by atoms with Gasteiger partial charge in [0.25, 0.3) is 11.4 Å². The van der Waals surface area contributed by atoms with E-state index in [2.05, 4.69) is 33.9 Å². The minimum Gasteiger partial charge on any atom is -0.618 e. The van der Waals surface area contributed by atoms with E-state index in [1.807, 2.05) is 19.9 Å². The van der Waals surface area contributed by atoms with Crippen LogP contribution in [0.5, 0.6) is 23.0 Å². The minimum atomic E-state index is -2.20. The quantitative estimate of drug-likeness (QED) is 0.132. The molecule has 2 heterocycles. The molecule has 0 fully saturated rings. The van der Waals surface area contributed by atoms with Gasteiger partial charge < -0.3 is 33.8 Å². The van der Waals surface area contributed by atoms with Gasteiger partial charge in [0.15, 0.2) is 19.8 Å². The Morgan fingerprint density at radius 2 is 1.38 bits per heavy atom. The van der Waals surface area contributed by atoms with E-state index in [0.29, 0.717) is 50.5 Å². The molecule has 0 N–H and O–H groups in total. The van der Waals surface area contributed by atoms with Crippen molar-refractivity contribution in [2.45, 2.75) is 66.3 Å². The Labute approximate surface area is 248 Å². The lowest BCUT2D eigenvalue weighted by Crippen LogP contribution is -2.44. The van der Waals surface area contributed by atoms with Crippen molar-refractivity contribution in [1.29, 1.82) is 0 Å². The summed E-state index contributed by atoms with van der Waals surface area (Å²) < 4.78 is 30.9. The van der Waals surface area contributed by atoms with Crippen LogP contribution in [-0.2, 0) is 11.0 Å². The van der Waals surface area contributed by atoms with Crippen LogP contribution < -0.4 is 28.4 Å². The van der Waals surface area contributed by atoms with Gasteiger partial charge in [-0.05, 0) is 55.1 Å². The number of aryl methyl sites for hydroxylation is 2. The molecule has 4 aromatic rings. The highest BCUT2D eigenvalue weighted by Crippen LogP contribution is 2.43. The van der Waals surface area contributed by atoms with Gasteiger partial charge >= 0.3 is 0 Å². The maximum absolute atomic E-state index is 14.3. The molecule has 0 aliphatic heterocycles. The monoisotopic (exact) mass is 594 g/mol. The van der Waals surface area contributed by atoms with Crippen LogP contribution >= 0.6 is 0 Å². The van der Waals surface area contributed by atoms with Crippen LogP contribution in [0.3, 0.4) is 0 Å². The second-order valence-electron chi connectivity index (χ2n) is 12.2. The van der Waals surface area contributed by atoms with Crippen LogP contribution in [0.25, 0.3) is 32.9 Å². The van der Waals surface area contributed by atoms with Crippen LogP contribution in [0.15, 0.2) is 24.3 Å². The van der Waals surface area contributed by atoms with Gasteiger partial charge in [-0.25, -0.2) is 0 Å². The normalized spacial score (nSPS) is 12.2. The molecule has 0 saturated carbocycles. The van der Waals surface area contributed by atoms with Gasteiger partial charge in [0.1, 0.15) is 18.1 Å². The number of nitrogens with zero attached hydrogens (tertiary/aromatic N) is 2. The number of aromatic nitrogens is 2. The van der Waals surface area contributed by atoms with Gasteiger partial charge in [0.05, 0.1) is 39.2 Å². The lowest BCUT2D eigenvalue weighted by atomic mass is 9.98. The Hall–Kier alpha value is -3.76. The first-order valence-electron chi connectivity index (χ1n) is 13.9. The Balaban J connectivity index is 2.13. The summed E-state index contributed by atoms with van der Waals surface area (Å²) in [7, 11) is 4.06. The Kier molecular flexibility index (Phi) is 8.27. The van der Waals surface area contributed by atoms with Gasteiger partial charge in [-0.3, -0.25) is 0 Å². The summed E-state index contributed by atoms with van der Waals surface area (Å²) in [4.78, 5) is 0. The van der Waals surface area contributed by atoms with Gasteiger partial charge in [0, 0.05) is 30.0 Å². The zero-order valence-electron chi connectivity index (χ0n) is 26.8. The van der Waals surface area contributed by atoms with E-state index >= 15 is 0 Å². The first-order valence-corrected chi connectivity index (χ1v) is 16.8. The summed E-state index contributed by atoms with van der Waals surface area (Å²) in [5, 5.41) is 30.9. The zero-order valence-corrected chi connectivity index (χ0v) is 27.8. The van der Waals surface area contributed by atoms with E-state index in [1.165, 1.54) is 0 Å². The number of pyridine rings is 2. The lowest BCUT2D eigenvalue weighted by Gasteiger charge is -2.35. The summed E-state index contributed by atoms with van der Waals surface area (Å²) >= 11 is 0. The van der Waals surface area contributed by atoms with Gasteiger partial charge in [0.2, 0.25) is 11.4 Å². The lowest BCUT2D eigenvalue weighted by molar-refractivity contribution is -0.632. The summed E-state index contributed by atoms with van der Waals surface area (Å²) in [6.45, 7) is 16.3. The van der Waals surface area contributed by atoms with Gasteiger partial charge in [-0.1, -0.05) is 20.8 Å². The molecular weight excluding hydrogens is 552 g/mol. The molecule has 2 aromatic carbocycles. The number of methoxy groups -OCH3 is 4. The van der Waals surface area contributed by atoms with E-state index in [0.717, 1.165) is 26.0 Å². The molecule has 0 aliphatic carbocycles. The first kappa shape index (κ1) is 31.2. The molecule has 4 rings (SSSR count). The predicted molar refractivity (Wildman–Crippen MR) is 167 cm³/mol. The summed E-state index contributed by atoms with van der Waals surface area (Å²) in [5.74, 6) is 2.14. The second-order valence-corrected chi connectivity index (χ2v) is 17.0. The summed E-state index contributed by atoms with van der Waals surface area (Å²) in [6.07, 6.45) is 0. The maximum Gasteiger partial charge on any atom is 0.298 e. The average Bonchev–Trinajstić information content (AvgIpc) is 2.92. The van der Waals surface area contributed by atoms with Crippen LogP contribution in [-0.4, -0.2) is 36.8 Å². The number of fused-ring (bicyclic) bond motifs is 2. The summed E-state index contributed by atoms with van der Waals surface area (Å²) in [6, 6.07) is 7.24. The number of benzene rings is 2. The van der Waals surface area contributed by atoms with Crippen LogP contribution in [0.4, 0.5) is 0 Å². The predicted octanol–water partition coefficient (Wildman–Crippen LogP) is 6.41. The molecule has 226 valence electrons. The van der Waals surface area contributed by atoms with Crippen molar-refractivity contribution in [2.75, 3.05) is 28.4 Å². The number of hydrogen-bond acceptors (Lipinski definition) is 7. The maximum atomic E-state index is 14.3. The van der Waals surface area contributed by atoms with E-state index in [9.17, 15) is 10.4 Å². The molecule has 0 bridgehead atoms. The molecule has 9 nitrogen and oxygen atoms in total. The molecule has 42 heavy (non-hydrogen) atoms. The first-order chi connectivity index (χ1) is 19.6. The van der Waals surface area contributed by atoms with Gasteiger partial charge in [-0.15, -0.1) is 0 Å². The molecule has 0 radical (unpaired) electrons. The SMILES string of the molecule is COc1cc2c(-c3cc4cc(C)c(OC)c(OC)c4c(C)[n+]3[O-])[n+]([O-])c(CO[Si](C)(C)C(C)(C)C)cc2c(OC)c1C. The van der Waals surface area contributed by atoms with Crippen LogP contribution in [0.1, 0.15) is 43.3 Å². The highest BCUT2D eigenvalue weighted by molar-refractivity contribution is 6.74. The number of rotatable bonds is 8. The fourth-order valence-electron chi connectivity index (χ4n) is 5.24. The fraction of sp³-hybridized carbons (Fsp3) is 0.438. The molecule has 2 aromatic heterocycles. The molecular formula is C32H42N2O7Si. The third-order valence-electron chi connectivity index (χ3n) is 8.64. The van der Waals surface area contributed by atoms with Crippen molar-refractivity contribution in [2.24, 2.45) is 0 Å². The number of hydrogen-bond donors (Lipinski definition) is 0. The molecule has 0 saturated heterocycles. The average molecular weight is 595 g/mol. The topological polar surface area (TPSA) is 100 Å². The van der Waals surface area contributed by atoms with Crippen molar-refractivity contribution in [1.82, 2.24) is 0 Å². The van der Waals surface area contributed by atoms with E-state index in [-0.39, 0.29) is 23.0 Å². The third-order valence-corrected chi connectivity index (χ3v) is 13.1. The van der Waals surface area contributed by atoms with E-state index in [1.54, 1.807) is 53.6 Å². The van der Waals surface area contributed by atoms with Crippen molar-refractivity contribution in [3.05, 3.63) is 57.2 Å². The van der Waals surface area contributed by atoms with Crippen molar-refractivity contribution >= 4 is 29.9 Å². The molecule has 0 aliphatic rings. The van der Waals surface area contributed by atoms with E-state index in [4.69, 9.17) is 23.4 Å². The van der Waals surface area contributed by atoms with Crippen LogP contribution in [0, 0.1) is 31.2 Å². The molecule has 10 heteroatoms. The van der Waals surface area contributed by atoms with Gasteiger partial charge in [-0.2, -0.15) is 9.46 Å². The van der Waals surface area contributed by atoms with E-state index < -0.39 is 8.32 Å². The Morgan fingerprint density at radius 3 is 1.93 bits per heavy atom. The highest BCUT2D eigenvalue weighted by atomic mass is 28.4. The highest BCUT2D eigenvalue weighted by Gasteiger charge is 2.38. The molecule has 0 spiro atoms. The Morgan fingerprint density at radius 1 is 0.762 bits per heavy atom. The molecule has 0 atom stereocenters. The Bertz CT molecular complexity index is 1690. The third kappa shape index (κ3) is 4.96. The standard InChI is InChI=1S/C32H42N2O7Si/c1-18-13-21-14-25(33(35)20(3)27(21)31(40-10)29(18)38-8)28-23-16-26(37-7)19(2)30(39-9)24(23)15-22(34(28)36)17-41-42(11,12)32(4,5)6/h13-16H,17H2,1-12H3. The second kappa shape index (κ2) is 11.1. The number of ether oxygens (including phenoxy) is 4. The summed E-state index contributed by atoms with van der Waals surface area (Å²) in [5.41, 5.74) is 2.76. The minimum absolute atomic E-state index is 0.0481.